The summed E-state index contributed by atoms with van der Waals surface area (Å²) in [6.07, 6.45) is 8.16. The molecule has 4 aliphatic rings. The first-order valence-corrected chi connectivity index (χ1v) is 26.8. The zero-order chi connectivity index (χ0) is 52.0. The number of piperidine rings is 2. The van der Waals surface area contributed by atoms with Gasteiger partial charge in [0.05, 0.1) is 51.3 Å². The SMILES string of the molecule is COc1cc(N2CCN(CCC3CCN(c4cc5c(cc4F)C(=O)N(C4CCC(=O)NC4=O)C5=O)CC3)C(C)C2)c(-c2cnn(C)c2)cc1Nc1ncc(Br)c(Nc2ccc3ccccc3c2P(=O)(OC)OC)n1. The van der Waals surface area contributed by atoms with Crippen LogP contribution in [-0.2, 0) is 30.2 Å². The Morgan fingerprint density at radius 1 is 0.851 bits per heavy atom. The number of aromatic nitrogens is 4. The number of carbonyl (C=O) groups is 4. The quantitative estimate of drug-likeness (QED) is 0.0664. The Morgan fingerprint density at radius 3 is 2.31 bits per heavy atom. The second-order valence-electron chi connectivity index (χ2n) is 19.0. The molecule has 10 rings (SSSR count). The molecule has 2 aromatic heterocycles. The van der Waals surface area contributed by atoms with E-state index in [1.807, 2.05) is 72.9 Å². The normalized spacial score (nSPS) is 18.8. The van der Waals surface area contributed by atoms with Gasteiger partial charge >= 0.3 is 7.60 Å². The standard InChI is InChI=1S/C52H56BrFN11O8P/c1-30-28-64(21-20-62(30)17-14-31-15-18-63(19-16-31)44-24-37-36(22-39(44)54)50(68)65(51(37)69)42-12-13-46(66)59-49(42)67)43-25-45(71-3)41(23-35(43)33-26-56-61(2)29-33)58-52-55-27-38(53)48(60-52)57-40-11-10-32-8-6-7-9-34(32)47(40)74(70,72-4)73-5/h6-11,22-27,29-31,42H,12-21,28H2,1-5H3,(H,59,66,67)(H2,55,57,58,60). The third-order valence-electron chi connectivity index (χ3n) is 14.6. The van der Waals surface area contributed by atoms with Crippen LogP contribution in [0.3, 0.4) is 0 Å². The van der Waals surface area contributed by atoms with Crippen molar-refractivity contribution in [1.29, 1.82) is 0 Å². The van der Waals surface area contributed by atoms with E-state index >= 15 is 4.39 Å². The van der Waals surface area contributed by atoms with Crippen LogP contribution in [-0.4, -0.2) is 126 Å². The van der Waals surface area contributed by atoms with Crippen LogP contribution in [0.25, 0.3) is 21.9 Å². The van der Waals surface area contributed by atoms with Gasteiger partial charge in [-0.05, 0) is 96.0 Å². The number of hydrogen-bond donors (Lipinski definition) is 3. The lowest BCUT2D eigenvalue weighted by molar-refractivity contribution is -0.136. The number of carbonyl (C=O) groups excluding carboxylic acids is 4. The first-order valence-electron chi connectivity index (χ1n) is 24.5. The fraction of sp³-hybridized carbons (Fsp3) is 0.365. The van der Waals surface area contributed by atoms with Crippen LogP contribution in [0.4, 0.5) is 38.9 Å². The number of piperazine rings is 1. The van der Waals surface area contributed by atoms with Crippen LogP contribution in [0.5, 0.6) is 5.75 Å². The van der Waals surface area contributed by atoms with Crippen molar-refractivity contribution in [3.05, 3.63) is 101 Å². The van der Waals surface area contributed by atoms with Gasteiger partial charge in [-0.25, -0.2) is 9.37 Å². The summed E-state index contributed by atoms with van der Waals surface area (Å²) in [5.74, 6) is -1.44. The number of benzene rings is 4. The highest BCUT2D eigenvalue weighted by Crippen LogP contribution is 2.50. The van der Waals surface area contributed by atoms with Crippen molar-refractivity contribution >= 4 is 97.7 Å². The average Bonchev–Trinajstić information content (AvgIpc) is 3.94. The maximum absolute atomic E-state index is 15.7. The monoisotopic (exact) mass is 1090 g/mol. The van der Waals surface area contributed by atoms with Crippen molar-refractivity contribution in [2.75, 3.05) is 81.0 Å². The van der Waals surface area contributed by atoms with Crippen LogP contribution < -0.4 is 35.8 Å². The molecule has 3 N–H and O–H groups in total. The smallest absolute Gasteiger partial charge is 0.363 e. The lowest BCUT2D eigenvalue weighted by Gasteiger charge is -2.42. The molecule has 19 nitrogen and oxygen atoms in total. The molecule has 2 atom stereocenters. The highest BCUT2D eigenvalue weighted by atomic mass is 79.9. The van der Waals surface area contributed by atoms with Gasteiger partial charge in [0.1, 0.15) is 23.4 Å². The molecule has 0 saturated carbocycles. The Kier molecular flexibility index (Phi) is 14.3. The van der Waals surface area contributed by atoms with Gasteiger partial charge in [0.2, 0.25) is 17.8 Å². The summed E-state index contributed by atoms with van der Waals surface area (Å²) in [5.41, 5.74) is 4.27. The van der Waals surface area contributed by atoms with E-state index in [4.69, 9.17) is 18.8 Å². The van der Waals surface area contributed by atoms with E-state index < -0.39 is 43.1 Å². The molecule has 4 aromatic carbocycles. The minimum Gasteiger partial charge on any atom is -0.494 e. The fourth-order valence-electron chi connectivity index (χ4n) is 10.6. The van der Waals surface area contributed by atoms with E-state index in [-0.39, 0.29) is 41.6 Å². The molecule has 74 heavy (non-hydrogen) atoms. The number of halogens is 2. The number of nitrogens with zero attached hydrogens (tertiary/aromatic N) is 8. The van der Waals surface area contributed by atoms with Crippen molar-refractivity contribution in [3.63, 3.8) is 0 Å². The molecule has 22 heteroatoms. The van der Waals surface area contributed by atoms with Gasteiger partial charge in [-0.15, -0.1) is 0 Å². The second-order valence-corrected chi connectivity index (χ2v) is 22.0. The summed E-state index contributed by atoms with van der Waals surface area (Å²) >= 11 is 3.60. The number of nitrogens with one attached hydrogen (secondary N) is 3. The number of fused-ring (bicyclic) bond motifs is 2. The van der Waals surface area contributed by atoms with Gasteiger partial charge in [-0.3, -0.25) is 43.5 Å². The molecule has 0 radical (unpaired) electrons. The molecule has 0 aliphatic carbocycles. The largest absolute Gasteiger partial charge is 0.494 e. The summed E-state index contributed by atoms with van der Waals surface area (Å²) in [4.78, 5) is 68.1. The Bertz CT molecular complexity index is 3250. The summed E-state index contributed by atoms with van der Waals surface area (Å²) in [5, 5.41) is 15.4. The first kappa shape index (κ1) is 50.7. The molecule has 386 valence electrons. The van der Waals surface area contributed by atoms with E-state index in [0.29, 0.717) is 57.1 Å². The van der Waals surface area contributed by atoms with Crippen molar-refractivity contribution in [1.82, 2.24) is 34.9 Å². The summed E-state index contributed by atoms with van der Waals surface area (Å²) in [7, 11) is 2.49. The first-order chi connectivity index (χ1) is 35.7. The summed E-state index contributed by atoms with van der Waals surface area (Å²) in [6.45, 7) is 6.72. The summed E-state index contributed by atoms with van der Waals surface area (Å²) < 4.78 is 49.0. The maximum atomic E-state index is 15.7. The highest BCUT2D eigenvalue weighted by molar-refractivity contribution is 9.10. The molecule has 3 saturated heterocycles. The molecule has 6 aromatic rings. The molecule has 0 spiro atoms. The number of amides is 4. The minimum atomic E-state index is -3.74. The molecule has 4 amide bonds. The lowest BCUT2D eigenvalue weighted by atomic mass is 9.92. The van der Waals surface area contributed by atoms with E-state index in [1.165, 1.54) is 20.3 Å². The number of rotatable bonds is 15. The van der Waals surface area contributed by atoms with Crippen molar-refractivity contribution < 1.29 is 41.9 Å². The number of imide groups is 2. The Balaban J connectivity index is 0.803. The van der Waals surface area contributed by atoms with Gasteiger partial charge < -0.3 is 34.2 Å². The Labute approximate surface area is 435 Å². The number of aryl methyl sites for hydroxylation is 1. The van der Waals surface area contributed by atoms with Crippen molar-refractivity contribution in [2.24, 2.45) is 13.0 Å². The predicted octanol–water partition coefficient (Wildman–Crippen LogP) is 7.76. The van der Waals surface area contributed by atoms with Crippen LogP contribution >= 0.6 is 23.5 Å². The zero-order valence-corrected chi connectivity index (χ0v) is 44.0. The third-order valence-corrected chi connectivity index (χ3v) is 17.2. The van der Waals surface area contributed by atoms with Gasteiger partial charge in [0, 0.05) is 102 Å². The molecular weight excluding hydrogens is 1040 g/mol. The molecule has 6 heterocycles. The van der Waals surface area contributed by atoms with E-state index in [9.17, 15) is 23.7 Å². The predicted molar refractivity (Wildman–Crippen MR) is 283 cm³/mol. The molecule has 0 bridgehead atoms. The van der Waals surface area contributed by atoms with Crippen LogP contribution in [0.1, 0.15) is 59.7 Å². The van der Waals surface area contributed by atoms with E-state index in [0.717, 1.165) is 78.6 Å². The molecule has 2 unspecified atom stereocenters. The molecule has 4 aliphatic heterocycles. The number of anilines is 6. The fourth-order valence-corrected chi connectivity index (χ4v) is 12.4. The number of methoxy groups -OCH3 is 1. The van der Waals surface area contributed by atoms with Gasteiger partial charge in [-0.2, -0.15) is 10.1 Å². The van der Waals surface area contributed by atoms with E-state index in [2.05, 4.69) is 58.7 Å². The average molecular weight is 1090 g/mol. The van der Waals surface area contributed by atoms with E-state index in [1.54, 1.807) is 18.0 Å². The Morgan fingerprint density at radius 2 is 1.61 bits per heavy atom. The Hall–Kier alpha value is -6.77. The number of hydrogen-bond acceptors (Lipinski definition) is 16. The van der Waals surface area contributed by atoms with Crippen LogP contribution in [0, 0.1) is 11.7 Å². The van der Waals surface area contributed by atoms with Crippen molar-refractivity contribution in [3.8, 4) is 16.9 Å². The zero-order valence-electron chi connectivity index (χ0n) is 41.6. The minimum absolute atomic E-state index is 0.00781. The second kappa shape index (κ2) is 20.9. The molecule has 3 fully saturated rings. The maximum Gasteiger partial charge on any atom is 0.363 e. The van der Waals surface area contributed by atoms with Gasteiger partial charge in [0.15, 0.2) is 0 Å². The van der Waals surface area contributed by atoms with Crippen molar-refractivity contribution in [2.45, 2.75) is 51.1 Å². The highest BCUT2D eigenvalue weighted by Gasteiger charge is 2.45. The van der Waals surface area contributed by atoms with Gasteiger partial charge in [-0.1, -0.05) is 30.3 Å². The van der Waals surface area contributed by atoms with Crippen LogP contribution in [0.2, 0.25) is 0 Å². The van der Waals surface area contributed by atoms with Crippen LogP contribution in [0.15, 0.2) is 83.7 Å². The molecular formula is C52H56BrFN11O8P. The third kappa shape index (κ3) is 9.74. The summed E-state index contributed by atoms with van der Waals surface area (Å²) in [6, 6.07) is 17.1. The lowest BCUT2D eigenvalue weighted by Crippen LogP contribution is -2.54. The van der Waals surface area contributed by atoms with Gasteiger partial charge in [0.25, 0.3) is 11.8 Å². The number of ether oxygens (including phenoxy) is 1. The topological polar surface area (TPSA) is 206 Å².